The fourth-order valence-corrected chi connectivity index (χ4v) is 5.65. The molecule has 0 bridgehead atoms. The molecule has 0 fully saturated rings. The molecule has 10 heteroatoms. The van der Waals surface area contributed by atoms with Gasteiger partial charge in [0.2, 0.25) is 0 Å². The smallest absolute Gasteiger partial charge is 0.261 e. The van der Waals surface area contributed by atoms with E-state index < -0.39 is 21.9 Å². The number of carbonyl (C=O) groups is 1. The standard InChI is InChI=1S/C29H34FN3O5S/c1-20-16-33(21(2)19-34)29(35)26-15-24(31-39(36,37)25-12-9-23(30)10-13-25)11-14-27(26)38-28(20)18-32(3)17-22-7-5-4-6-8-22/h4-15,20-21,28,31,34H,16-19H2,1-3H3/t20-,21-,28-/m1/s1. The second-order valence-corrected chi connectivity index (χ2v) is 11.8. The van der Waals surface area contributed by atoms with Crippen LogP contribution in [0.4, 0.5) is 10.1 Å². The molecule has 1 aliphatic heterocycles. The summed E-state index contributed by atoms with van der Waals surface area (Å²) in [5.41, 5.74) is 1.53. The number of carbonyl (C=O) groups excluding carboxylic acids is 1. The average molecular weight is 556 g/mol. The summed E-state index contributed by atoms with van der Waals surface area (Å²) in [6, 6.07) is 18.7. The van der Waals surface area contributed by atoms with Gasteiger partial charge in [0.05, 0.1) is 23.1 Å². The highest BCUT2D eigenvalue weighted by atomic mass is 32.2. The molecule has 0 aromatic heterocycles. The van der Waals surface area contributed by atoms with Crippen LogP contribution in [0.5, 0.6) is 5.75 Å². The Morgan fingerprint density at radius 2 is 1.82 bits per heavy atom. The second kappa shape index (κ2) is 12.1. The SMILES string of the molecule is C[C@@H]1CN([C@H](C)CO)C(=O)c2cc(NS(=O)(=O)c3ccc(F)cc3)ccc2O[C@@H]1CN(C)Cc1ccccc1. The van der Waals surface area contributed by atoms with Crippen LogP contribution >= 0.6 is 0 Å². The number of aliphatic hydroxyl groups excluding tert-OH is 1. The van der Waals surface area contributed by atoms with E-state index in [1.807, 2.05) is 32.2 Å². The Kier molecular flexibility index (Phi) is 8.89. The molecule has 3 aromatic carbocycles. The zero-order valence-corrected chi connectivity index (χ0v) is 23.1. The van der Waals surface area contributed by atoms with Crippen LogP contribution in [-0.2, 0) is 16.6 Å². The maximum atomic E-state index is 13.6. The van der Waals surface area contributed by atoms with Crippen molar-refractivity contribution in [2.24, 2.45) is 5.92 Å². The van der Waals surface area contributed by atoms with Crippen LogP contribution in [0, 0.1) is 11.7 Å². The predicted octanol–water partition coefficient (Wildman–Crippen LogP) is 3.98. The van der Waals surface area contributed by atoms with E-state index in [4.69, 9.17) is 4.74 Å². The van der Waals surface area contributed by atoms with E-state index in [0.717, 1.165) is 18.7 Å². The van der Waals surface area contributed by atoms with Gasteiger partial charge < -0.3 is 14.7 Å². The third-order valence-electron chi connectivity index (χ3n) is 6.83. The van der Waals surface area contributed by atoms with Gasteiger partial charge in [-0.05, 0) is 62.0 Å². The van der Waals surface area contributed by atoms with Crippen molar-refractivity contribution in [2.75, 3.05) is 31.5 Å². The van der Waals surface area contributed by atoms with Crippen LogP contribution < -0.4 is 9.46 Å². The minimum Gasteiger partial charge on any atom is -0.488 e. The lowest BCUT2D eigenvalue weighted by atomic mass is 9.99. The first-order valence-corrected chi connectivity index (χ1v) is 14.3. The number of amides is 1. The average Bonchev–Trinajstić information content (AvgIpc) is 2.91. The van der Waals surface area contributed by atoms with Crippen LogP contribution in [0.3, 0.4) is 0 Å². The summed E-state index contributed by atoms with van der Waals surface area (Å²) >= 11 is 0. The number of rotatable bonds is 9. The first kappa shape index (κ1) is 28.5. The van der Waals surface area contributed by atoms with Crippen LogP contribution in [0.2, 0.25) is 0 Å². The predicted molar refractivity (Wildman–Crippen MR) is 148 cm³/mol. The van der Waals surface area contributed by atoms with E-state index in [2.05, 4.69) is 21.8 Å². The zero-order chi connectivity index (χ0) is 28.2. The van der Waals surface area contributed by atoms with E-state index in [9.17, 15) is 22.7 Å². The van der Waals surface area contributed by atoms with Gasteiger partial charge in [-0.2, -0.15) is 0 Å². The monoisotopic (exact) mass is 555 g/mol. The minimum absolute atomic E-state index is 0.0500. The molecule has 1 aliphatic rings. The van der Waals surface area contributed by atoms with Crippen molar-refractivity contribution in [3.05, 3.63) is 89.7 Å². The summed E-state index contributed by atoms with van der Waals surface area (Å²) in [5.74, 6) is -0.623. The van der Waals surface area contributed by atoms with Crippen molar-refractivity contribution in [1.29, 1.82) is 0 Å². The maximum Gasteiger partial charge on any atom is 0.261 e. The van der Waals surface area contributed by atoms with Gasteiger partial charge in [-0.25, -0.2) is 12.8 Å². The molecule has 8 nitrogen and oxygen atoms in total. The van der Waals surface area contributed by atoms with E-state index in [-0.39, 0.29) is 40.7 Å². The van der Waals surface area contributed by atoms with Gasteiger partial charge in [-0.3, -0.25) is 14.4 Å². The molecule has 0 unspecified atom stereocenters. The number of anilines is 1. The van der Waals surface area contributed by atoms with Crippen molar-refractivity contribution < 1.29 is 27.4 Å². The summed E-state index contributed by atoms with van der Waals surface area (Å²) in [4.78, 5) is 17.3. The number of aliphatic hydroxyl groups is 1. The quantitative estimate of drug-likeness (QED) is 0.415. The molecular weight excluding hydrogens is 521 g/mol. The first-order chi connectivity index (χ1) is 18.6. The molecule has 2 N–H and O–H groups in total. The number of ether oxygens (including phenoxy) is 1. The normalized spacial score (nSPS) is 18.6. The highest BCUT2D eigenvalue weighted by Gasteiger charge is 2.33. The number of likely N-dealkylation sites (N-methyl/N-ethyl adjacent to an activating group) is 1. The van der Waals surface area contributed by atoms with E-state index >= 15 is 0 Å². The Morgan fingerprint density at radius 1 is 1.13 bits per heavy atom. The minimum atomic E-state index is -4.02. The van der Waals surface area contributed by atoms with Crippen molar-refractivity contribution in [2.45, 2.75) is 37.4 Å². The molecule has 0 saturated carbocycles. The summed E-state index contributed by atoms with van der Waals surface area (Å²) in [5, 5.41) is 9.88. The Balaban J connectivity index is 1.63. The maximum absolute atomic E-state index is 13.6. The molecule has 3 atom stereocenters. The third-order valence-corrected chi connectivity index (χ3v) is 8.23. The Hall–Kier alpha value is -3.47. The fourth-order valence-electron chi connectivity index (χ4n) is 4.60. The van der Waals surface area contributed by atoms with Gasteiger partial charge in [-0.15, -0.1) is 0 Å². The summed E-state index contributed by atoms with van der Waals surface area (Å²) < 4.78 is 47.9. The van der Waals surface area contributed by atoms with Crippen LogP contribution in [0.15, 0.2) is 77.7 Å². The van der Waals surface area contributed by atoms with Crippen molar-refractivity contribution in [1.82, 2.24) is 9.80 Å². The Bertz CT molecular complexity index is 1390. The highest BCUT2D eigenvalue weighted by Crippen LogP contribution is 2.31. The molecule has 208 valence electrons. The van der Waals surface area contributed by atoms with Gasteiger partial charge in [0.1, 0.15) is 17.7 Å². The van der Waals surface area contributed by atoms with Crippen molar-refractivity contribution in [3.8, 4) is 5.75 Å². The van der Waals surface area contributed by atoms with Gasteiger partial charge in [0.25, 0.3) is 15.9 Å². The molecule has 0 saturated heterocycles. The van der Waals surface area contributed by atoms with Crippen molar-refractivity contribution in [3.63, 3.8) is 0 Å². The second-order valence-electron chi connectivity index (χ2n) is 10.1. The molecule has 1 heterocycles. The van der Waals surface area contributed by atoms with Crippen LogP contribution in [0.1, 0.15) is 29.8 Å². The summed E-state index contributed by atoms with van der Waals surface area (Å²) in [7, 11) is -2.01. The lowest BCUT2D eigenvalue weighted by Crippen LogP contribution is -2.49. The van der Waals surface area contributed by atoms with Gasteiger partial charge in [-0.1, -0.05) is 37.3 Å². The van der Waals surface area contributed by atoms with Gasteiger partial charge in [0.15, 0.2) is 0 Å². The number of benzene rings is 3. The van der Waals surface area contributed by atoms with Crippen LogP contribution in [0.25, 0.3) is 0 Å². The number of halogens is 1. The summed E-state index contributed by atoms with van der Waals surface area (Å²) in [6.07, 6.45) is -0.277. The number of nitrogens with zero attached hydrogens (tertiary/aromatic N) is 2. The van der Waals surface area contributed by atoms with E-state index in [1.165, 1.54) is 29.8 Å². The highest BCUT2D eigenvalue weighted by molar-refractivity contribution is 7.92. The number of fused-ring (bicyclic) bond motifs is 1. The third kappa shape index (κ3) is 6.95. The molecule has 4 rings (SSSR count). The van der Waals surface area contributed by atoms with E-state index in [0.29, 0.717) is 18.8 Å². The molecule has 1 amide bonds. The molecule has 0 aliphatic carbocycles. The van der Waals surface area contributed by atoms with Gasteiger partial charge in [0, 0.05) is 31.2 Å². The van der Waals surface area contributed by atoms with Gasteiger partial charge >= 0.3 is 0 Å². The zero-order valence-electron chi connectivity index (χ0n) is 22.2. The molecule has 39 heavy (non-hydrogen) atoms. The Labute approximate surface area is 229 Å². The lowest BCUT2D eigenvalue weighted by Gasteiger charge is -2.38. The summed E-state index contributed by atoms with van der Waals surface area (Å²) in [6.45, 7) is 5.23. The number of nitrogens with one attached hydrogen (secondary N) is 1. The van der Waals surface area contributed by atoms with Crippen molar-refractivity contribution >= 4 is 21.6 Å². The fraction of sp³-hybridized carbons (Fsp3) is 0.345. The molecule has 3 aromatic rings. The number of hydrogen-bond acceptors (Lipinski definition) is 6. The Morgan fingerprint density at radius 3 is 2.49 bits per heavy atom. The molecular formula is C29H34FN3O5S. The molecule has 0 radical (unpaired) electrons. The van der Waals surface area contributed by atoms with Crippen LogP contribution in [-0.4, -0.2) is 68.1 Å². The first-order valence-electron chi connectivity index (χ1n) is 12.8. The molecule has 0 spiro atoms. The number of hydrogen-bond donors (Lipinski definition) is 2. The topological polar surface area (TPSA) is 99.2 Å². The van der Waals surface area contributed by atoms with E-state index in [1.54, 1.807) is 17.9 Å². The lowest BCUT2D eigenvalue weighted by molar-refractivity contribution is 0.0341. The number of sulfonamides is 1. The largest absolute Gasteiger partial charge is 0.488 e.